The molecule has 1 rings (SSSR count). The van der Waals surface area contributed by atoms with Crippen LogP contribution in [0.3, 0.4) is 0 Å². The number of allylic oxidation sites excluding steroid dienone is 1. The highest BCUT2D eigenvalue weighted by Gasteiger charge is 2.15. The molecule has 0 fully saturated rings. The molecule has 0 aliphatic carbocycles. The monoisotopic (exact) mass is 162 g/mol. The van der Waals surface area contributed by atoms with Gasteiger partial charge in [0.05, 0.1) is 6.26 Å². The van der Waals surface area contributed by atoms with Crippen molar-refractivity contribution in [3.63, 3.8) is 0 Å². The summed E-state index contributed by atoms with van der Waals surface area (Å²) in [6.07, 6.45) is 2.88. The Labute approximate surface area is 73.4 Å². The van der Waals surface area contributed by atoms with Gasteiger partial charge in [0.15, 0.2) is 0 Å². The molecule has 1 aromatic rings. The molecular weight excluding hydrogens is 148 g/mol. The number of rotatable bonds is 2. The Bertz CT molecular complexity index is 260. The van der Waals surface area contributed by atoms with Gasteiger partial charge in [0.25, 0.3) is 0 Å². The van der Waals surface area contributed by atoms with E-state index in [4.69, 9.17) is 5.11 Å². The van der Waals surface area contributed by atoms with Gasteiger partial charge in [0, 0.05) is 5.41 Å². The minimum absolute atomic E-state index is 0.0873. The standard InChI is InChI=1S/C11H14O/c1-11(2,8-9-12)10-6-4-3-5-7-10/h3-9,12H,1-2H3. The minimum atomic E-state index is -0.0873. The SMILES string of the molecule is CC(C)(C=CO)c1ccccc1. The van der Waals surface area contributed by atoms with Crippen LogP contribution < -0.4 is 0 Å². The molecule has 64 valence electrons. The topological polar surface area (TPSA) is 20.2 Å². The van der Waals surface area contributed by atoms with Crippen LogP contribution in [0.1, 0.15) is 19.4 Å². The summed E-state index contributed by atoms with van der Waals surface area (Å²) in [6.45, 7) is 4.13. The molecule has 0 radical (unpaired) electrons. The summed E-state index contributed by atoms with van der Waals surface area (Å²) in [5.74, 6) is 0. The van der Waals surface area contributed by atoms with Crippen molar-refractivity contribution in [2.75, 3.05) is 0 Å². The van der Waals surface area contributed by atoms with E-state index in [0.717, 1.165) is 6.26 Å². The lowest BCUT2D eigenvalue weighted by molar-refractivity contribution is 0.462. The van der Waals surface area contributed by atoms with Crippen LogP contribution in [-0.4, -0.2) is 5.11 Å². The first kappa shape index (κ1) is 8.85. The molecule has 0 aromatic heterocycles. The van der Waals surface area contributed by atoms with Crippen molar-refractivity contribution in [1.82, 2.24) is 0 Å². The van der Waals surface area contributed by atoms with Gasteiger partial charge in [-0.25, -0.2) is 0 Å². The fourth-order valence-electron chi connectivity index (χ4n) is 1.15. The molecule has 0 heterocycles. The molecule has 1 heteroatoms. The van der Waals surface area contributed by atoms with Crippen LogP contribution in [0.5, 0.6) is 0 Å². The van der Waals surface area contributed by atoms with Crippen molar-refractivity contribution in [1.29, 1.82) is 0 Å². The lowest BCUT2D eigenvalue weighted by Crippen LogP contribution is -2.12. The molecule has 0 atom stereocenters. The van der Waals surface area contributed by atoms with E-state index in [9.17, 15) is 0 Å². The van der Waals surface area contributed by atoms with Crippen LogP contribution in [0.2, 0.25) is 0 Å². The quantitative estimate of drug-likeness (QED) is 0.663. The molecule has 12 heavy (non-hydrogen) atoms. The number of aliphatic hydroxyl groups is 1. The molecule has 0 amide bonds. The summed E-state index contributed by atoms with van der Waals surface area (Å²) >= 11 is 0. The predicted molar refractivity (Wildman–Crippen MR) is 51.2 cm³/mol. The van der Waals surface area contributed by atoms with Crippen LogP contribution in [-0.2, 0) is 5.41 Å². The van der Waals surface area contributed by atoms with E-state index in [0.29, 0.717) is 0 Å². The Hall–Kier alpha value is -1.24. The number of benzene rings is 1. The molecule has 0 aliphatic heterocycles. The van der Waals surface area contributed by atoms with Gasteiger partial charge >= 0.3 is 0 Å². The lowest BCUT2D eigenvalue weighted by atomic mass is 9.85. The van der Waals surface area contributed by atoms with E-state index in [2.05, 4.69) is 26.0 Å². The van der Waals surface area contributed by atoms with Crippen molar-refractivity contribution in [2.24, 2.45) is 0 Å². The van der Waals surface area contributed by atoms with Gasteiger partial charge in [-0.05, 0) is 11.6 Å². The Morgan fingerprint density at radius 1 is 1.17 bits per heavy atom. The second-order valence-electron chi connectivity index (χ2n) is 3.40. The van der Waals surface area contributed by atoms with Crippen LogP contribution in [0.4, 0.5) is 0 Å². The fraction of sp³-hybridized carbons (Fsp3) is 0.273. The lowest BCUT2D eigenvalue weighted by Gasteiger charge is -2.19. The van der Waals surface area contributed by atoms with Crippen molar-refractivity contribution in [3.05, 3.63) is 48.2 Å². The molecular formula is C11H14O. The van der Waals surface area contributed by atoms with Crippen LogP contribution in [0, 0.1) is 0 Å². The van der Waals surface area contributed by atoms with Gasteiger partial charge in [-0.15, -0.1) is 0 Å². The second kappa shape index (κ2) is 3.44. The maximum absolute atomic E-state index is 8.68. The van der Waals surface area contributed by atoms with Gasteiger partial charge in [-0.2, -0.15) is 0 Å². The third-order valence-electron chi connectivity index (χ3n) is 2.01. The maximum atomic E-state index is 8.68. The Morgan fingerprint density at radius 2 is 1.75 bits per heavy atom. The molecule has 1 aromatic carbocycles. The first-order valence-electron chi connectivity index (χ1n) is 4.04. The van der Waals surface area contributed by atoms with Crippen molar-refractivity contribution in [2.45, 2.75) is 19.3 Å². The third kappa shape index (κ3) is 1.88. The normalized spacial score (nSPS) is 12.2. The third-order valence-corrected chi connectivity index (χ3v) is 2.01. The predicted octanol–water partition coefficient (Wildman–Crippen LogP) is 3.04. The fourth-order valence-corrected chi connectivity index (χ4v) is 1.15. The summed E-state index contributed by atoms with van der Waals surface area (Å²) < 4.78 is 0. The maximum Gasteiger partial charge on any atom is 0.0760 e. The first-order valence-corrected chi connectivity index (χ1v) is 4.04. The Balaban J connectivity index is 2.97. The van der Waals surface area contributed by atoms with Crippen molar-refractivity contribution < 1.29 is 5.11 Å². The van der Waals surface area contributed by atoms with Crippen LogP contribution >= 0.6 is 0 Å². The van der Waals surface area contributed by atoms with E-state index >= 15 is 0 Å². The summed E-state index contributed by atoms with van der Waals surface area (Å²) in [7, 11) is 0. The zero-order valence-electron chi connectivity index (χ0n) is 7.49. The second-order valence-corrected chi connectivity index (χ2v) is 3.40. The number of hydrogen-bond acceptors (Lipinski definition) is 1. The van der Waals surface area contributed by atoms with Gasteiger partial charge < -0.3 is 5.11 Å². The summed E-state index contributed by atoms with van der Waals surface area (Å²) in [5, 5.41) is 8.68. The summed E-state index contributed by atoms with van der Waals surface area (Å²) in [6, 6.07) is 10.1. The minimum Gasteiger partial charge on any atom is -0.516 e. The van der Waals surface area contributed by atoms with Gasteiger partial charge in [0.1, 0.15) is 0 Å². The van der Waals surface area contributed by atoms with E-state index in [1.54, 1.807) is 6.08 Å². The van der Waals surface area contributed by atoms with Gasteiger partial charge in [-0.3, -0.25) is 0 Å². The van der Waals surface area contributed by atoms with Crippen molar-refractivity contribution in [3.8, 4) is 0 Å². The Morgan fingerprint density at radius 3 is 2.25 bits per heavy atom. The highest BCUT2D eigenvalue weighted by Crippen LogP contribution is 2.23. The molecule has 1 N–H and O–H groups in total. The molecule has 0 aliphatic rings. The largest absolute Gasteiger partial charge is 0.516 e. The smallest absolute Gasteiger partial charge is 0.0760 e. The van der Waals surface area contributed by atoms with Gasteiger partial charge in [0.2, 0.25) is 0 Å². The molecule has 1 nitrogen and oxygen atoms in total. The number of aliphatic hydroxyl groups excluding tert-OH is 1. The van der Waals surface area contributed by atoms with E-state index in [-0.39, 0.29) is 5.41 Å². The average molecular weight is 162 g/mol. The molecule has 0 saturated carbocycles. The first-order chi connectivity index (χ1) is 5.67. The van der Waals surface area contributed by atoms with E-state index in [1.165, 1.54) is 5.56 Å². The van der Waals surface area contributed by atoms with E-state index < -0.39 is 0 Å². The Kier molecular flexibility index (Phi) is 2.54. The highest BCUT2D eigenvalue weighted by molar-refractivity contribution is 5.27. The molecule has 0 spiro atoms. The van der Waals surface area contributed by atoms with Crippen LogP contribution in [0.25, 0.3) is 0 Å². The highest BCUT2D eigenvalue weighted by atomic mass is 16.2. The zero-order chi connectivity index (χ0) is 9.03. The van der Waals surface area contributed by atoms with Crippen molar-refractivity contribution >= 4 is 0 Å². The summed E-state index contributed by atoms with van der Waals surface area (Å²) in [5.41, 5.74) is 1.12. The van der Waals surface area contributed by atoms with Crippen LogP contribution in [0.15, 0.2) is 42.7 Å². The van der Waals surface area contributed by atoms with E-state index in [1.807, 2.05) is 18.2 Å². The van der Waals surface area contributed by atoms with Gasteiger partial charge in [-0.1, -0.05) is 44.2 Å². The molecule has 0 bridgehead atoms. The average Bonchev–Trinajstić information content (AvgIpc) is 2.06. The summed E-state index contributed by atoms with van der Waals surface area (Å²) in [4.78, 5) is 0. The zero-order valence-corrected chi connectivity index (χ0v) is 7.49. The molecule has 0 saturated heterocycles. The number of hydrogen-bond donors (Lipinski definition) is 1. The molecule has 0 unspecified atom stereocenters.